The van der Waals surface area contributed by atoms with Crippen molar-refractivity contribution in [2.75, 3.05) is 0 Å². The number of fused-ring (bicyclic) bond motifs is 3. The number of para-hydroxylation sites is 1. The molecular formula is C13H10N8. The van der Waals surface area contributed by atoms with Gasteiger partial charge in [0.25, 0.3) is 0 Å². The second kappa shape index (κ2) is 4.10. The number of pyridine rings is 1. The van der Waals surface area contributed by atoms with Gasteiger partial charge >= 0.3 is 0 Å². The van der Waals surface area contributed by atoms with E-state index in [0.29, 0.717) is 11.2 Å². The minimum atomic E-state index is 0.284. The molecule has 1 aromatic carbocycles. The van der Waals surface area contributed by atoms with Crippen molar-refractivity contribution in [3.8, 4) is 0 Å². The lowest BCUT2D eigenvalue weighted by Crippen LogP contribution is -2.21. The summed E-state index contributed by atoms with van der Waals surface area (Å²) in [4.78, 5) is 0. The molecule has 102 valence electrons. The molecule has 0 saturated carbocycles. The lowest BCUT2D eigenvalue weighted by Gasteiger charge is -2.04. The number of nitrogens with two attached hydrogens (primary N) is 2. The zero-order chi connectivity index (χ0) is 14.4. The Hall–Kier alpha value is -3.29. The van der Waals surface area contributed by atoms with E-state index in [-0.39, 0.29) is 11.7 Å². The third-order valence-corrected chi connectivity index (χ3v) is 3.32. The molecule has 0 radical (unpaired) electrons. The van der Waals surface area contributed by atoms with E-state index in [1.54, 1.807) is 10.6 Å². The van der Waals surface area contributed by atoms with E-state index >= 15 is 0 Å². The molecule has 0 amide bonds. The fraction of sp³-hybridized carbons (Fsp3) is 0. The summed E-state index contributed by atoms with van der Waals surface area (Å²) in [6.45, 7) is 0. The summed E-state index contributed by atoms with van der Waals surface area (Å²) in [6.07, 6.45) is 1.79. The Labute approximate surface area is 118 Å². The molecule has 4 N–H and O–H groups in total. The van der Waals surface area contributed by atoms with E-state index in [1.807, 2.05) is 30.3 Å². The van der Waals surface area contributed by atoms with Gasteiger partial charge < -0.3 is 11.5 Å². The van der Waals surface area contributed by atoms with Crippen molar-refractivity contribution in [3.05, 3.63) is 41.5 Å². The quantitative estimate of drug-likeness (QED) is 0.663. The van der Waals surface area contributed by atoms with E-state index in [0.717, 1.165) is 16.5 Å². The topological polar surface area (TPSA) is 120 Å². The first-order chi connectivity index (χ1) is 10.2. The highest BCUT2D eigenvalue weighted by molar-refractivity contribution is 6.27. The highest BCUT2D eigenvalue weighted by Gasteiger charge is 2.16. The minimum Gasteiger partial charge on any atom is -0.382 e. The van der Waals surface area contributed by atoms with E-state index in [1.165, 1.54) is 0 Å². The molecule has 2 aromatic heterocycles. The molecule has 0 saturated heterocycles. The average Bonchev–Trinajstić information content (AvgIpc) is 3.10. The maximum atomic E-state index is 5.78. The standard InChI is InChI=1S/C13H10N8/c14-11-9(12(15)17-16-11)6-8-5-7-3-1-2-4-10(7)21-13(8)18-19-20-21/h1-6H,(H2,14,16)(H2,15,17). The van der Waals surface area contributed by atoms with Gasteiger partial charge in [0.15, 0.2) is 17.3 Å². The first-order valence-electron chi connectivity index (χ1n) is 6.23. The van der Waals surface area contributed by atoms with Crippen molar-refractivity contribution in [2.45, 2.75) is 0 Å². The molecule has 3 aromatic rings. The Morgan fingerprint density at radius 1 is 1.05 bits per heavy atom. The van der Waals surface area contributed by atoms with Crippen molar-refractivity contribution in [1.29, 1.82) is 0 Å². The molecule has 0 fully saturated rings. The van der Waals surface area contributed by atoms with Gasteiger partial charge in [0, 0.05) is 10.9 Å². The van der Waals surface area contributed by atoms with Crippen molar-refractivity contribution in [1.82, 2.24) is 20.0 Å². The maximum absolute atomic E-state index is 5.78. The molecule has 8 heteroatoms. The Balaban J connectivity index is 2.04. The first kappa shape index (κ1) is 11.5. The minimum absolute atomic E-state index is 0.284. The average molecular weight is 278 g/mol. The Bertz CT molecular complexity index is 943. The van der Waals surface area contributed by atoms with Gasteiger partial charge in [-0.25, -0.2) is 0 Å². The smallest absolute Gasteiger partial charge is 0.187 e. The van der Waals surface area contributed by atoms with Crippen LogP contribution < -0.4 is 11.5 Å². The Kier molecular flexibility index (Phi) is 2.25. The maximum Gasteiger partial charge on any atom is 0.187 e. The molecule has 0 unspecified atom stereocenters. The summed E-state index contributed by atoms with van der Waals surface area (Å²) in [5.74, 6) is 0.567. The van der Waals surface area contributed by atoms with Crippen LogP contribution in [-0.4, -0.2) is 31.7 Å². The number of nitrogens with zero attached hydrogens (tertiary/aromatic N) is 6. The monoisotopic (exact) mass is 278 g/mol. The number of hydrogen-bond donors (Lipinski definition) is 2. The number of tetrazole rings is 1. The van der Waals surface area contributed by atoms with Crippen LogP contribution in [0.15, 0.2) is 46.1 Å². The van der Waals surface area contributed by atoms with Crippen LogP contribution in [0.1, 0.15) is 5.56 Å². The van der Waals surface area contributed by atoms with Crippen molar-refractivity contribution < 1.29 is 0 Å². The van der Waals surface area contributed by atoms with Gasteiger partial charge in [-0.1, -0.05) is 18.2 Å². The Morgan fingerprint density at radius 3 is 2.62 bits per heavy atom. The summed E-state index contributed by atoms with van der Waals surface area (Å²) < 4.78 is 1.68. The van der Waals surface area contributed by atoms with Crippen LogP contribution >= 0.6 is 0 Å². The van der Waals surface area contributed by atoms with Crippen LogP contribution in [0.5, 0.6) is 0 Å². The fourth-order valence-corrected chi connectivity index (χ4v) is 2.32. The van der Waals surface area contributed by atoms with E-state index in [4.69, 9.17) is 11.5 Å². The zero-order valence-electron chi connectivity index (χ0n) is 10.8. The second-order valence-electron chi connectivity index (χ2n) is 4.60. The van der Waals surface area contributed by atoms with Gasteiger partial charge in [-0.05, 0) is 28.6 Å². The van der Waals surface area contributed by atoms with Crippen LogP contribution in [0.4, 0.5) is 0 Å². The second-order valence-corrected chi connectivity index (χ2v) is 4.60. The summed E-state index contributed by atoms with van der Waals surface area (Å²) in [6, 6.07) is 9.82. The fourth-order valence-electron chi connectivity index (χ4n) is 2.32. The van der Waals surface area contributed by atoms with Crippen LogP contribution in [0.3, 0.4) is 0 Å². The number of amidine groups is 2. The third kappa shape index (κ3) is 1.66. The van der Waals surface area contributed by atoms with Crippen LogP contribution in [0, 0.1) is 0 Å². The number of aromatic nitrogens is 4. The summed E-state index contributed by atoms with van der Waals surface area (Å²) >= 11 is 0. The zero-order valence-corrected chi connectivity index (χ0v) is 10.8. The molecule has 0 bridgehead atoms. The highest BCUT2D eigenvalue weighted by atomic mass is 15.5. The van der Waals surface area contributed by atoms with Gasteiger partial charge in [0.05, 0.1) is 11.1 Å². The number of hydrogen-bond acceptors (Lipinski definition) is 7. The molecule has 0 atom stereocenters. The molecule has 1 aliphatic heterocycles. The highest BCUT2D eigenvalue weighted by Crippen LogP contribution is 2.21. The molecule has 1 aliphatic rings. The van der Waals surface area contributed by atoms with Crippen molar-refractivity contribution in [2.24, 2.45) is 21.7 Å². The van der Waals surface area contributed by atoms with Gasteiger partial charge in [-0.15, -0.1) is 15.3 Å². The lowest BCUT2D eigenvalue weighted by molar-refractivity contribution is 0.841. The molecule has 8 nitrogen and oxygen atoms in total. The number of rotatable bonds is 1. The predicted octanol–water partition coefficient (Wildman–Crippen LogP) is 0.304. The van der Waals surface area contributed by atoms with E-state index in [9.17, 15) is 0 Å². The van der Waals surface area contributed by atoms with Crippen LogP contribution in [0.2, 0.25) is 0 Å². The molecule has 0 spiro atoms. The molecule has 0 aliphatic carbocycles. The largest absolute Gasteiger partial charge is 0.382 e. The predicted molar refractivity (Wildman–Crippen MR) is 79.5 cm³/mol. The number of benzene rings is 1. The van der Waals surface area contributed by atoms with Gasteiger partial charge in [0.1, 0.15) is 0 Å². The molecule has 3 heterocycles. The first-order valence-corrected chi connectivity index (χ1v) is 6.23. The molecule has 21 heavy (non-hydrogen) atoms. The summed E-state index contributed by atoms with van der Waals surface area (Å²) in [5, 5.41) is 20.3. The summed E-state index contributed by atoms with van der Waals surface area (Å²) in [7, 11) is 0. The van der Waals surface area contributed by atoms with Crippen LogP contribution in [-0.2, 0) is 0 Å². The van der Waals surface area contributed by atoms with Crippen molar-refractivity contribution in [3.63, 3.8) is 0 Å². The summed E-state index contributed by atoms with van der Waals surface area (Å²) in [5.41, 5.74) is 14.5. The van der Waals surface area contributed by atoms with Gasteiger partial charge in [0.2, 0.25) is 0 Å². The SMILES string of the molecule is NC1=NN=C(N)C1=Cc1cc2ccccc2n2nnnc12. The van der Waals surface area contributed by atoms with E-state index < -0.39 is 0 Å². The van der Waals surface area contributed by atoms with Crippen LogP contribution in [0.25, 0.3) is 22.6 Å². The van der Waals surface area contributed by atoms with E-state index in [2.05, 4.69) is 25.7 Å². The Morgan fingerprint density at radius 2 is 1.81 bits per heavy atom. The van der Waals surface area contributed by atoms with Gasteiger partial charge in [-0.3, -0.25) is 0 Å². The molecular weight excluding hydrogens is 268 g/mol. The third-order valence-electron chi connectivity index (χ3n) is 3.32. The normalized spacial score (nSPS) is 14.6. The lowest BCUT2D eigenvalue weighted by atomic mass is 10.1. The van der Waals surface area contributed by atoms with Crippen molar-refractivity contribution >= 4 is 34.3 Å². The molecule has 4 rings (SSSR count). The van der Waals surface area contributed by atoms with Gasteiger partial charge in [-0.2, -0.15) is 4.52 Å².